The van der Waals surface area contributed by atoms with Gasteiger partial charge in [0.15, 0.2) is 0 Å². The summed E-state index contributed by atoms with van der Waals surface area (Å²) in [6.07, 6.45) is 0. The molecule has 0 saturated heterocycles. The van der Waals surface area contributed by atoms with Gasteiger partial charge in [-0.2, -0.15) is 0 Å². The number of carbonyl (C=O) groups excluding carboxylic acids is 1. The molecule has 0 aromatic rings. The summed E-state index contributed by atoms with van der Waals surface area (Å²) in [6.45, 7) is 4.57. The van der Waals surface area contributed by atoms with Crippen molar-refractivity contribution in [1.82, 2.24) is 0 Å². The summed E-state index contributed by atoms with van der Waals surface area (Å²) >= 11 is 0. The molecule has 0 atom stereocenters. The number of likely N-dealkylation sites (N-methyl/N-ethyl adjacent to an activating group) is 1. The van der Waals surface area contributed by atoms with Crippen LogP contribution in [0.25, 0.3) is 0 Å². The predicted octanol–water partition coefficient (Wildman–Crippen LogP) is -0.528. The van der Waals surface area contributed by atoms with Crippen LogP contribution in [0.5, 0.6) is 0 Å². The fraction of sp³-hybridized carbons (Fsp3) is 0.700. The van der Waals surface area contributed by atoms with Gasteiger partial charge in [-0.1, -0.05) is 19.8 Å². The molecule has 0 saturated carbocycles. The van der Waals surface area contributed by atoms with Gasteiger partial charge in [-0.25, -0.2) is 0 Å². The lowest BCUT2D eigenvalue weighted by molar-refractivity contribution is -0.877. The fourth-order valence-corrected chi connectivity index (χ4v) is 0.869. The van der Waals surface area contributed by atoms with E-state index >= 15 is 0 Å². The molecule has 0 aromatic heterocycles. The minimum Gasteiger partial charge on any atom is -0.544 e. The number of rotatable bonds is 3. The van der Waals surface area contributed by atoms with Crippen LogP contribution in [-0.2, 0) is 4.79 Å². The van der Waals surface area contributed by atoms with Crippen LogP contribution in [0.1, 0.15) is 13.8 Å². The summed E-state index contributed by atoms with van der Waals surface area (Å²) in [4.78, 5) is 10.3. The maximum atomic E-state index is 10.3. The van der Waals surface area contributed by atoms with Gasteiger partial charge in [-0.05, 0) is 5.92 Å². The minimum atomic E-state index is -1.03. The Hall–Kier alpha value is -1.01. The van der Waals surface area contributed by atoms with E-state index in [1.165, 1.54) is 0 Å². The van der Waals surface area contributed by atoms with Crippen molar-refractivity contribution >= 4 is 5.97 Å². The van der Waals surface area contributed by atoms with Crippen molar-refractivity contribution in [3.8, 4) is 11.8 Å². The second kappa shape index (κ2) is 4.88. The van der Waals surface area contributed by atoms with Crippen molar-refractivity contribution in [2.75, 3.05) is 27.2 Å². The van der Waals surface area contributed by atoms with Crippen LogP contribution >= 0.6 is 0 Å². The number of carbonyl (C=O) groups is 1. The normalized spacial score (nSPS) is 10.8. The van der Waals surface area contributed by atoms with Crippen molar-refractivity contribution in [3.05, 3.63) is 0 Å². The molecule has 0 amide bonds. The van der Waals surface area contributed by atoms with E-state index in [9.17, 15) is 9.90 Å². The standard InChI is InChI=1S/C10H17NO2/c1-9(2)6-5-7-11(3,4)8-10(12)13/h9H,7-8H2,1-4H3. The summed E-state index contributed by atoms with van der Waals surface area (Å²) in [5.41, 5.74) is 0. The number of carboxylic acids is 1. The van der Waals surface area contributed by atoms with Crippen molar-refractivity contribution in [2.24, 2.45) is 5.92 Å². The van der Waals surface area contributed by atoms with E-state index in [0.717, 1.165) is 0 Å². The number of nitrogens with zero attached hydrogens (tertiary/aromatic N) is 1. The predicted molar refractivity (Wildman–Crippen MR) is 49.5 cm³/mol. The van der Waals surface area contributed by atoms with Crippen LogP contribution in [0.15, 0.2) is 0 Å². The Kier molecular flexibility index (Phi) is 4.50. The fourth-order valence-electron chi connectivity index (χ4n) is 0.869. The van der Waals surface area contributed by atoms with Crippen LogP contribution in [0.2, 0.25) is 0 Å². The molecule has 0 unspecified atom stereocenters. The van der Waals surface area contributed by atoms with Crippen molar-refractivity contribution < 1.29 is 14.4 Å². The average molecular weight is 183 g/mol. The van der Waals surface area contributed by atoms with Crippen molar-refractivity contribution in [3.63, 3.8) is 0 Å². The van der Waals surface area contributed by atoms with Gasteiger partial charge in [0.25, 0.3) is 0 Å². The molecule has 0 aliphatic carbocycles. The molecule has 0 radical (unpaired) electrons. The molecule has 0 spiro atoms. The maximum absolute atomic E-state index is 10.3. The number of hydrogen-bond acceptors (Lipinski definition) is 2. The van der Waals surface area contributed by atoms with Gasteiger partial charge in [0.05, 0.1) is 20.1 Å². The van der Waals surface area contributed by atoms with Crippen LogP contribution in [0.3, 0.4) is 0 Å². The highest BCUT2D eigenvalue weighted by atomic mass is 16.4. The molecule has 3 nitrogen and oxygen atoms in total. The largest absolute Gasteiger partial charge is 0.544 e. The van der Waals surface area contributed by atoms with E-state index in [2.05, 4.69) is 11.8 Å². The number of carboxylic acid groups (broad SMARTS) is 1. The first-order chi connectivity index (χ1) is 5.83. The topological polar surface area (TPSA) is 40.1 Å². The van der Waals surface area contributed by atoms with Gasteiger partial charge in [-0.15, -0.1) is 0 Å². The first-order valence-electron chi connectivity index (χ1n) is 4.34. The molecule has 0 aromatic carbocycles. The zero-order valence-corrected chi connectivity index (χ0v) is 8.76. The zero-order valence-electron chi connectivity index (χ0n) is 8.76. The SMILES string of the molecule is CC(C)C#CC[N+](C)(C)CC(=O)[O-]. The van der Waals surface area contributed by atoms with Gasteiger partial charge < -0.3 is 14.4 Å². The summed E-state index contributed by atoms with van der Waals surface area (Å²) in [5, 5.41) is 10.3. The lowest BCUT2D eigenvalue weighted by Crippen LogP contribution is -2.48. The second-order valence-corrected chi connectivity index (χ2v) is 4.10. The molecular formula is C10H17NO2. The molecule has 0 heterocycles. The zero-order chi connectivity index (χ0) is 10.5. The van der Waals surface area contributed by atoms with E-state index in [4.69, 9.17) is 0 Å². The molecule has 13 heavy (non-hydrogen) atoms. The number of hydrogen-bond donors (Lipinski definition) is 0. The third kappa shape index (κ3) is 7.35. The van der Waals surface area contributed by atoms with Crippen LogP contribution in [-0.4, -0.2) is 37.6 Å². The van der Waals surface area contributed by atoms with Gasteiger partial charge in [0.2, 0.25) is 0 Å². The highest BCUT2D eigenvalue weighted by Crippen LogP contribution is 1.94. The Bertz CT molecular complexity index is 233. The van der Waals surface area contributed by atoms with E-state index in [-0.39, 0.29) is 6.54 Å². The third-order valence-electron chi connectivity index (χ3n) is 1.45. The number of quaternary nitrogens is 1. The Balaban J connectivity index is 4.05. The molecule has 0 aliphatic rings. The van der Waals surface area contributed by atoms with Gasteiger partial charge in [0.1, 0.15) is 13.1 Å². The van der Waals surface area contributed by atoms with Gasteiger partial charge >= 0.3 is 0 Å². The molecule has 0 aliphatic heterocycles. The Morgan fingerprint density at radius 3 is 2.38 bits per heavy atom. The minimum absolute atomic E-state index is 0.00672. The molecule has 74 valence electrons. The van der Waals surface area contributed by atoms with Crippen LogP contribution in [0.4, 0.5) is 0 Å². The lowest BCUT2D eigenvalue weighted by atomic mass is 10.2. The monoisotopic (exact) mass is 183 g/mol. The van der Waals surface area contributed by atoms with Gasteiger partial charge in [0, 0.05) is 5.92 Å². The molecule has 0 N–H and O–H groups in total. The molecule has 0 fully saturated rings. The third-order valence-corrected chi connectivity index (χ3v) is 1.45. The summed E-state index contributed by atoms with van der Waals surface area (Å²) < 4.78 is 0.349. The first-order valence-corrected chi connectivity index (χ1v) is 4.34. The lowest BCUT2D eigenvalue weighted by Gasteiger charge is -2.27. The van der Waals surface area contributed by atoms with Gasteiger partial charge in [-0.3, -0.25) is 0 Å². The number of aliphatic carboxylic acids is 1. The average Bonchev–Trinajstić information content (AvgIpc) is 1.81. The van der Waals surface area contributed by atoms with E-state index < -0.39 is 5.97 Å². The van der Waals surface area contributed by atoms with Crippen LogP contribution in [0, 0.1) is 17.8 Å². The Morgan fingerprint density at radius 2 is 2.00 bits per heavy atom. The first kappa shape index (κ1) is 12.0. The highest BCUT2D eigenvalue weighted by Gasteiger charge is 2.12. The summed E-state index contributed by atoms with van der Waals surface area (Å²) in [6, 6.07) is 0. The smallest absolute Gasteiger partial charge is 0.140 e. The second-order valence-electron chi connectivity index (χ2n) is 4.10. The van der Waals surface area contributed by atoms with Crippen molar-refractivity contribution in [1.29, 1.82) is 0 Å². The van der Waals surface area contributed by atoms with E-state index in [1.54, 1.807) is 0 Å². The quantitative estimate of drug-likeness (QED) is 0.436. The summed E-state index contributed by atoms with van der Waals surface area (Å²) in [7, 11) is 3.65. The summed E-state index contributed by atoms with van der Waals surface area (Å²) in [5.74, 6) is 5.26. The van der Waals surface area contributed by atoms with E-state index in [1.807, 2.05) is 27.9 Å². The molecule has 0 bridgehead atoms. The van der Waals surface area contributed by atoms with E-state index in [0.29, 0.717) is 16.9 Å². The maximum Gasteiger partial charge on any atom is 0.140 e. The Morgan fingerprint density at radius 1 is 1.46 bits per heavy atom. The van der Waals surface area contributed by atoms with Crippen molar-refractivity contribution in [2.45, 2.75) is 13.8 Å². The van der Waals surface area contributed by atoms with Crippen LogP contribution < -0.4 is 5.11 Å². The Labute approximate surface area is 79.9 Å². The molecule has 0 rings (SSSR count). The molecular weight excluding hydrogens is 166 g/mol. The molecule has 3 heteroatoms. The highest BCUT2D eigenvalue weighted by molar-refractivity contribution is 5.65.